The van der Waals surface area contributed by atoms with Crippen molar-refractivity contribution in [1.29, 1.82) is 0 Å². The number of benzene rings is 2. The van der Waals surface area contributed by atoms with Gasteiger partial charge in [-0.2, -0.15) is 0 Å². The van der Waals surface area contributed by atoms with Crippen molar-refractivity contribution in [2.24, 2.45) is 0 Å². The first-order chi connectivity index (χ1) is 15.2. The summed E-state index contributed by atoms with van der Waals surface area (Å²) in [5, 5.41) is 6.17. The molecule has 0 aromatic heterocycles. The maximum atomic E-state index is 12.4. The highest BCUT2D eigenvalue weighted by molar-refractivity contribution is 6.20. The molecule has 2 amide bonds. The molecule has 0 spiro atoms. The first-order valence-electron chi connectivity index (χ1n) is 11.2. The summed E-state index contributed by atoms with van der Waals surface area (Å²) in [5.41, 5.74) is 1.16. The molecule has 0 bridgehead atoms. The Morgan fingerprint density at radius 3 is 1.55 bits per heavy atom. The second-order valence-corrected chi connectivity index (χ2v) is 8.37. The Morgan fingerprint density at radius 1 is 0.710 bits per heavy atom. The fourth-order valence-electron chi connectivity index (χ4n) is 4.30. The number of hydrogen-bond acceptors (Lipinski definition) is 4. The minimum atomic E-state index is -0.0701. The summed E-state index contributed by atoms with van der Waals surface area (Å²) >= 11 is 0. The average Bonchev–Trinajstić information content (AvgIpc) is 3.49. The lowest BCUT2D eigenvalue weighted by Gasteiger charge is -2.13. The molecule has 4 rings (SSSR count). The van der Waals surface area contributed by atoms with E-state index in [4.69, 9.17) is 9.31 Å². The lowest BCUT2D eigenvalue weighted by Crippen LogP contribution is -2.32. The van der Waals surface area contributed by atoms with Crippen molar-refractivity contribution >= 4 is 19.5 Å². The summed E-state index contributed by atoms with van der Waals surface area (Å²) in [4.78, 5) is 24.9. The second kappa shape index (κ2) is 10.4. The van der Waals surface area contributed by atoms with E-state index in [9.17, 15) is 9.59 Å². The van der Waals surface area contributed by atoms with Crippen molar-refractivity contribution in [3.63, 3.8) is 0 Å². The Labute approximate surface area is 184 Å². The van der Waals surface area contributed by atoms with Gasteiger partial charge in [0.2, 0.25) is 0 Å². The first kappa shape index (κ1) is 21.3. The summed E-state index contributed by atoms with van der Waals surface area (Å²) in [7, 11) is -0.0125. The lowest BCUT2D eigenvalue weighted by atomic mass is 10.1. The summed E-state index contributed by atoms with van der Waals surface area (Å²) < 4.78 is 11.4. The molecule has 2 aliphatic carbocycles. The van der Waals surface area contributed by atoms with E-state index < -0.39 is 0 Å². The summed E-state index contributed by atoms with van der Waals surface area (Å²) in [6.07, 6.45) is 8.90. The molecule has 0 aliphatic heterocycles. The minimum Gasteiger partial charge on any atom is -0.529 e. The van der Waals surface area contributed by atoms with Crippen LogP contribution in [0.3, 0.4) is 0 Å². The third kappa shape index (κ3) is 6.03. The molecular formula is C24H29BN2O4. The van der Waals surface area contributed by atoms with Crippen LogP contribution in [-0.2, 0) is 0 Å². The van der Waals surface area contributed by atoms with Crippen molar-refractivity contribution in [1.82, 2.24) is 10.6 Å². The van der Waals surface area contributed by atoms with Crippen LogP contribution in [0, 0.1) is 0 Å². The van der Waals surface area contributed by atoms with Crippen LogP contribution < -0.4 is 19.9 Å². The van der Waals surface area contributed by atoms with Crippen LogP contribution in [0.25, 0.3) is 0 Å². The molecule has 162 valence electrons. The topological polar surface area (TPSA) is 76.7 Å². The summed E-state index contributed by atoms with van der Waals surface area (Å²) in [5.74, 6) is 0.988. The van der Waals surface area contributed by atoms with E-state index in [0.29, 0.717) is 22.6 Å². The summed E-state index contributed by atoms with van der Waals surface area (Å²) in [6, 6.07) is 14.7. The predicted octanol–water partition coefficient (Wildman–Crippen LogP) is 3.76. The van der Waals surface area contributed by atoms with E-state index in [2.05, 4.69) is 10.6 Å². The van der Waals surface area contributed by atoms with Crippen LogP contribution in [0.5, 0.6) is 11.5 Å². The van der Waals surface area contributed by atoms with Gasteiger partial charge in [0.1, 0.15) is 11.5 Å². The summed E-state index contributed by atoms with van der Waals surface area (Å²) in [6.45, 7) is 0. The molecule has 0 saturated heterocycles. The van der Waals surface area contributed by atoms with Gasteiger partial charge < -0.3 is 19.9 Å². The highest BCUT2D eigenvalue weighted by Gasteiger charge is 2.19. The maximum Gasteiger partial charge on any atom is 0.576 e. The minimum absolute atomic E-state index is 0.0125. The molecule has 6 nitrogen and oxygen atoms in total. The Hall–Kier alpha value is -2.96. The fourth-order valence-corrected chi connectivity index (χ4v) is 4.30. The van der Waals surface area contributed by atoms with Gasteiger partial charge in [-0.3, -0.25) is 9.59 Å². The molecule has 0 radical (unpaired) electrons. The number of carbonyl (C=O) groups is 2. The molecule has 2 saturated carbocycles. The van der Waals surface area contributed by atoms with Crippen LogP contribution in [-0.4, -0.2) is 31.6 Å². The molecule has 2 aromatic carbocycles. The quantitative estimate of drug-likeness (QED) is 0.638. The largest absolute Gasteiger partial charge is 0.576 e. The molecule has 0 unspecified atom stereocenters. The van der Waals surface area contributed by atoms with Gasteiger partial charge >= 0.3 is 7.69 Å². The number of rotatable bonds is 8. The molecule has 2 fully saturated rings. The highest BCUT2D eigenvalue weighted by Crippen LogP contribution is 2.21. The Morgan fingerprint density at radius 2 is 1.13 bits per heavy atom. The molecule has 0 atom stereocenters. The van der Waals surface area contributed by atoms with Crippen molar-refractivity contribution < 1.29 is 18.9 Å². The van der Waals surface area contributed by atoms with Gasteiger partial charge in [-0.1, -0.05) is 37.8 Å². The van der Waals surface area contributed by atoms with Crippen molar-refractivity contribution in [3.8, 4) is 11.5 Å². The standard InChI is InChI=1S/C24H29BN2O4/c28-23(26-19-9-1-2-10-19)17-7-5-13-21(15-17)30-25-31-22-14-6-8-18(16-22)24(29)27-20-11-3-4-12-20/h5-8,13-16,19-20,25H,1-4,9-12H2,(H,26,28)(H,27,29). The number of hydrogen-bond donors (Lipinski definition) is 2. The molecule has 0 heterocycles. The van der Waals surface area contributed by atoms with E-state index in [-0.39, 0.29) is 31.6 Å². The monoisotopic (exact) mass is 420 g/mol. The smallest absolute Gasteiger partial charge is 0.529 e. The van der Waals surface area contributed by atoms with E-state index >= 15 is 0 Å². The molecule has 2 aromatic rings. The van der Waals surface area contributed by atoms with Gasteiger partial charge in [0.25, 0.3) is 11.8 Å². The number of nitrogens with one attached hydrogen (secondary N) is 2. The zero-order valence-corrected chi connectivity index (χ0v) is 17.8. The van der Waals surface area contributed by atoms with Crippen LogP contribution in [0.2, 0.25) is 0 Å². The third-order valence-electron chi connectivity index (χ3n) is 6.02. The van der Waals surface area contributed by atoms with Crippen LogP contribution in [0.15, 0.2) is 48.5 Å². The van der Waals surface area contributed by atoms with Gasteiger partial charge in [0, 0.05) is 23.2 Å². The first-order valence-corrected chi connectivity index (χ1v) is 11.2. The Balaban J connectivity index is 1.28. The van der Waals surface area contributed by atoms with Gasteiger partial charge in [-0.15, -0.1) is 0 Å². The van der Waals surface area contributed by atoms with Crippen molar-refractivity contribution in [3.05, 3.63) is 59.7 Å². The van der Waals surface area contributed by atoms with Gasteiger partial charge in [-0.05, 0) is 62.1 Å². The Bertz CT molecular complexity index is 834. The van der Waals surface area contributed by atoms with E-state index in [0.717, 1.165) is 25.7 Å². The highest BCUT2D eigenvalue weighted by atomic mass is 16.6. The van der Waals surface area contributed by atoms with Crippen LogP contribution in [0.1, 0.15) is 72.1 Å². The molecular weight excluding hydrogens is 391 g/mol. The lowest BCUT2D eigenvalue weighted by molar-refractivity contribution is 0.0929. The van der Waals surface area contributed by atoms with Crippen molar-refractivity contribution in [2.45, 2.75) is 63.5 Å². The van der Waals surface area contributed by atoms with E-state index in [1.165, 1.54) is 25.7 Å². The van der Waals surface area contributed by atoms with Gasteiger partial charge in [0.15, 0.2) is 0 Å². The average molecular weight is 420 g/mol. The van der Waals surface area contributed by atoms with Gasteiger partial charge in [0.05, 0.1) is 0 Å². The maximum absolute atomic E-state index is 12.4. The predicted molar refractivity (Wildman–Crippen MR) is 121 cm³/mol. The Kier molecular flexibility index (Phi) is 7.13. The van der Waals surface area contributed by atoms with Crippen LogP contribution >= 0.6 is 0 Å². The zero-order chi connectivity index (χ0) is 21.5. The molecule has 2 aliphatic rings. The SMILES string of the molecule is O=C(NC1CCCC1)c1cccc(OBOc2cccc(C(=O)NC3CCCC3)c2)c1. The third-order valence-corrected chi connectivity index (χ3v) is 6.02. The van der Waals surface area contributed by atoms with Crippen LogP contribution in [0.4, 0.5) is 0 Å². The van der Waals surface area contributed by atoms with Gasteiger partial charge in [-0.25, -0.2) is 0 Å². The fraction of sp³-hybridized carbons (Fsp3) is 0.417. The molecule has 31 heavy (non-hydrogen) atoms. The second-order valence-electron chi connectivity index (χ2n) is 8.37. The van der Waals surface area contributed by atoms with E-state index in [1.807, 2.05) is 0 Å². The van der Waals surface area contributed by atoms with Crippen molar-refractivity contribution in [2.75, 3.05) is 0 Å². The zero-order valence-electron chi connectivity index (χ0n) is 17.8. The number of carbonyl (C=O) groups excluding carboxylic acids is 2. The number of amides is 2. The molecule has 7 heteroatoms. The molecule has 2 N–H and O–H groups in total. The normalized spacial score (nSPS) is 16.6. The van der Waals surface area contributed by atoms with E-state index in [1.54, 1.807) is 48.5 Å².